The highest BCUT2D eigenvalue weighted by molar-refractivity contribution is 7.92. The van der Waals surface area contributed by atoms with Crippen LogP contribution in [0.15, 0.2) is 18.2 Å². The molecule has 9 heteroatoms. The molecule has 2 rings (SSSR count). The van der Waals surface area contributed by atoms with E-state index >= 15 is 0 Å². The van der Waals surface area contributed by atoms with Crippen LogP contribution in [-0.4, -0.2) is 31.7 Å². The second kappa shape index (κ2) is 6.35. The molecule has 1 unspecified atom stereocenters. The van der Waals surface area contributed by atoms with Gasteiger partial charge in [0.1, 0.15) is 0 Å². The zero-order valence-electron chi connectivity index (χ0n) is 11.2. The molecule has 21 heavy (non-hydrogen) atoms. The summed E-state index contributed by atoms with van der Waals surface area (Å²) in [4.78, 5) is 9.64. The Balaban J connectivity index is 2.05. The van der Waals surface area contributed by atoms with Crippen molar-refractivity contribution in [3.63, 3.8) is 0 Å². The number of nitrogens with zero attached hydrogens (tertiary/aromatic N) is 1. The molecule has 0 bridgehead atoms. The van der Waals surface area contributed by atoms with Crippen LogP contribution < -0.4 is 10.0 Å². The summed E-state index contributed by atoms with van der Waals surface area (Å²) in [5.74, 6) is -1.18. The summed E-state index contributed by atoms with van der Waals surface area (Å²) in [5, 5.41) is 13.6. The Labute approximate surface area is 121 Å². The van der Waals surface area contributed by atoms with E-state index in [0.29, 0.717) is 0 Å². The smallest absolute Gasteiger partial charge is 0.304 e. The van der Waals surface area contributed by atoms with Gasteiger partial charge in [-0.1, -0.05) is 6.42 Å². The van der Waals surface area contributed by atoms with Gasteiger partial charge in [-0.15, -0.1) is 0 Å². The van der Waals surface area contributed by atoms with Crippen molar-refractivity contribution in [2.75, 3.05) is 17.0 Å². The molecule has 0 saturated carbocycles. The van der Waals surface area contributed by atoms with Crippen LogP contribution in [0.2, 0.25) is 0 Å². The summed E-state index contributed by atoms with van der Waals surface area (Å²) < 4.78 is 39.7. The lowest BCUT2D eigenvalue weighted by Crippen LogP contribution is -2.40. The first-order valence-corrected chi connectivity index (χ1v) is 8.20. The van der Waals surface area contributed by atoms with Crippen molar-refractivity contribution in [3.05, 3.63) is 34.1 Å². The third-order valence-corrected chi connectivity index (χ3v) is 4.64. The molecule has 0 aromatic heterocycles. The van der Waals surface area contributed by atoms with Gasteiger partial charge in [0, 0.05) is 18.2 Å². The zero-order chi connectivity index (χ0) is 15.5. The monoisotopic (exact) mass is 317 g/mol. The minimum atomic E-state index is -3.63. The molecule has 7 nitrogen and oxygen atoms in total. The molecule has 0 aliphatic carbocycles. The molecule has 0 radical (unpaired) electrons. The van der Waals surface area contributed by atoms with E-state index in [1.807, 2.05) is 0 Å². The second-order valence-electron chi connectivity index (χ2n) is 4.95. The quantitative estimate of drug-likeness (QED) is 0.635. The minimum Gasteiger partial charge on any atom is -0.313 e. The van der Waals surface area contributed by atoms with E-state index in [0.717, 1.165) is 37.9 Å². The summed E-state index contributed by atoms with van der Waals surface area (Å²) in [6.45, 7) is 0.784. The van der Waals surface area contributed by atoms with Crippen molar-refractivity contribution in [1.29, 1.82) is 0 Å². The molecule has 2 N–H and O–H groups in total. The molecule has 1 atom stereocenters. The van der Waals surface area contributed by atoms with E-state index in [1.54, 1.807) is 0 Å². The van der Waals surface area contributed by atoms with Crippen molar-refractivity contribution >= 4 is 21.4 Å². The lowest BCUT2D eigenvalue weighted by Gasteiger charge is -2.23. The Hall–Kier alpha value is -1.74. The minimum absolute atomic E-state index is 0.0195. The van der Waals surface area contributed by atoms with E-state index in [1.165, 1.54) is 6.07 Å². The molecule has 1 aromatic carbocycles. The topological polar surface area (TPSA) is 101 Å². The van der Waals surface area contributed by atoms with E-state index in [4.69, 9.17) is 0 Å². The molecule has 116 valence electrons. The van der Waals surface area contributed by atoms with Crippen LogP contribution in [0.1, 0.15) is 19.3 Å². The lowest BCUT2D eigenvalue weighted by molar-refractivity contribution is -0.387. The molecule has 1 fully saturated rings. The summed E-state index contributed by atoms with van der Waals surface area (Å²) in [6, 6.07) is 2.79. The van der Waals surface area contributed by atoms with Crippen molar-refractivity contribution < 1.29 is 17.7 Å². The Morgan fingerprint density at radius 3 is 2.76 bits per heavy atom. The van der Waals surface area contributed by atoms with Crippen molar-refractivity contribution in [1.82, 2.24) is 5.32 Å². The predicted octanol–water partition coefficient (Wildman–Crippen LogP) is 1.62. The summed E-state index contributed by atoms with van der Waals surface area (Å²) in [5.41, 5.74) is -0.708. The molecule has 1 aliphatic heterocycles. The zero-order valence-corrected chi connectivity index (χ0v) is 12.0. The maximum Gasteiger partial charge on any atom is 0.304 e. The van der Waals surface area contributed by atoms with Crippen molar-refractivity contribution in [2.45, 2.75) is 25.3 Å². The largest absolute Gasteiger partial charge is 0.313 e. The summed E-state index contributed by atoms with van der Waals surface area (Å²) in [7, 11) is -3.63. The highest BCUT2D eigenvalue weighted by Crippen LogP contribution is 2.22. The number of nitro benzene ring substituents is 1. The number of nitro groups is 1. The number of halogens is 1. The van der Waals surface area contributed by atoms with Crippen LogP contribution in [0.5, 0.6) is 0 Å². The highest BCUT2D eigenvalue weighted by Gasteiger charge is 2.22. The first kappa shape index (κ1) is 15.6. The normalized spacial score (nSPS) is 19.2. The summed E-state index contributed by atoms with van der Waals surface area (Å²) in [6.07, 6.45) is 2.77. The third kappa shape index (κ3) is 4.36. The Morgan fingerprint density at radius 1 is 1.43 bits per heavy atom. The van der Waals surface area contributed by atoms with Gasteiger partial charge in [0.2, 0.25) is 15.8 Å². The van der Waals surface area contributed by atoms with Gasteiger partial charge in [0.05, 0.1) is 16.4 Å². The number of benzene rings is 1. The first-order chi connectivity index (χ1) is 9.87. The Morgan fingerprint density at radius 2 is 2.19 bits per heavy atom. The number of hydrogen-bond acceptors (Lipinski definition) is 5. The standard InChI is InChI=1S/C12H16FN3O4S/c13-11-7-9(4-5-12(11)16(17)18)15-21(19,20)8-10-3-1-2-6-14-10/h4-5,7,10,14-15H,1-3,6,8H2. The molecule has 1 aliphatic rings. The fourth-order valence-corrected chi connectivity index (χ4v) is 3.65. The molecule has 1 heterocycles. The van der Waals surface area contributed by atoms with Gasteiger partial charge >= 0.3 is 5.69 Å². The van der Waals surface area contributed by atoms with Crippen LogP contribution >= 0.6 is 0 Å². The van der Waals surface area contributed by atoms with E-state index in [9.17, 15) is 22.9 Å². The number of anilines is 1. The van der Waals surface area contributed by atoms with Crippen LogP contribution in [-0.2, 0) is 10.0 Å². The fraction of sp³-hybridized carbons (Fsp3) is 0.500. The van der Waals surface area contributed by atoms with E-state index in [2.05, 4.69) is 10.0 Å². The maximum absolute atomic E-state index is 13.4. The maximum atomic E-state index is 13.4. The van der Waals surface area contributed by atoms with Crippen molar-refractivity contribution in [3.8, 4) is 0 Å². The SMILES string of the molecule is O=[N+]([O-])c1ccc(NS(=O)(=O)CC2CCCCN2)cc1F. The summed E-state index contributed by atoms with van der Waals surface area (Å²) >= 11 is 0. The molecule has 0 spiro atoms. The first-order valence-electron chi connectivity index (χ1n) is 6.55. The van der Waals surface area contributed by atoms with E-state index in [-0.39, 0.29) is 17.5 Å². The molecular weight excluding hydrogens is 301 g/mol. The Kier molecular flexibility index (Phi) is 4.73. The Bertz CT molecular complexity index is 629. The van der Waals surface area contributed by atoms with Crippen LogP contribution in [0.4, 0.5) is 15.8 Å². The number of rotatable bonds is 5. The third-order valence-electron chi connectivity index (χ3n) is 3.25. The number of sulfonamides is 1. The average Bonchev–Trinajstić information content (AvgIpc) is 2.38. The number of nitrogens with one attached hydrogen (secondary N) is 2. The average molecular weight is 317 g/mol. The fourth-order valence-electron chi connectivity index (χ4n) is 2.27. The van der Waals surface area contributed by atoms with Crippen LogP contribution in [0.25, 0.3) is 0 Å². The number of hydrogen-bond donors (Lipinski definition) is 2. The van der Waals surface area contributed by atoms with Crippen molar-refractivity contribution in [2.24, 2.45) is 0 Å². The van der Waals surface area contributed by atoms with Gasteiger partial charge in [0.15, 0.2) is 0 Å². The molecule has 0 amide bonds. The van der Waals surface area contributed by atoms with Gasteiger partial charge in [0.25, 0.3) is 0 Å². The number of piperidine rings is 1. The van der Waals surface area contributed by atoms with Crippen LogP contribution in [0.3, 0.4) is 0 Å². The predicted molar refractivity (Wildman–Crippen MR) is 76.1 cm³/mol. The second-order valence-corrected chi connectivity index (χ2v) is 6.72. The van der Waals surface area contributed by atoms with Gasteiger partial charge < -0.3 is 5.32 Å². The van der Waals surface area contributed by atoms with Crippen LogP contribution in [0, 0.1) is 15.9 Å². The highest BCUT2D eigenvalue weighted by atomic mass is 32.2. The lowest BCUT2D eigenvalue weighted by atomic mass is 10.1. The molecule has 1 aromatic rings. The van der Waals surface area contributed by atoms with Gasteiger partial charge in [-0.05, 0) is 25.5 Å². The van der Waals surface area contributed by atoms with Gasteiger partial charge in [-0.3, -0.25) is 14.8 Å². The van der Waals surface area contributed by atoms with E-state index < -0.39 is 26.5 Å². The van der Waals surface area contributed by atoms with Gasteiger partial charge in [-0.25, -0.2) is 8.42 Å². The van der Waals surface area contributed by atoms with Gasteiger partial charge in [-0.2, -0.15) is 4.39 Å². The molecule has 1 saturated heterocycles. The molecular formula is C12H16FN3O4S.